The minimum atomic E-state index is 0.00319. The summed E-state index contributed by atoms with van der Waals surface area (Å²) in [7, 11) is 0. The number of carbonyl (C=O) groups is 1. The van der Waals surface area contributed by atoms with E-state index in [4.69, 9.17) is 0 Å². The molecule has 1 aromatic carbocycles. The van der Waals surface area contributed by atoms with Crippen LogP contribution in [0.25, 0.3) is 0 Å². The molecular weight excluding hydrogens is 272 g/mol. The summed E-state index contributed by atoms with van der Waals surface area (Å²) in [6.45, 7) is 2.04. The van der Waals surface area contributed by atoms with E-state index in [1.54, 1.807) is 0 Å². The summed E-state index contributed by atoms with van der Waals surface area (Å²) < 4.78 is 0. The van der Waals surface area contributed by atoms with E-state index in [0.29, 0.717) is 6.04 Å². The van der Waals surface area contributed by atoms with Gasteiger partial charge in [0.25, 0.3) is 0 Å². The summed E-state index contributed by atoms with van der Waals surface area (Å²) in [6, 6.07) is 10.6. The van der Waals surface area contributed by atoms with Gasteiger partial charge in [0.1, 0.15) is 0 Å². The average molecular weight is 298 g/mol. The van der Waals surface area contributed by atoms with Gasteiger partial charge in [-0.2, -0.15) is 0 Å². The number of nitrogens with one attached hydrogen (secondary N) is 2. The quantitative estimate of drug-likeness (QED) is 0.874. The van der Waals surface area contributed by atoms with Crippen LogP contribution in [-0.2, 0) is 0 Å². The number of hydrogen-bond acceptors (Lipinski definition) is 1. The maximum absolute atomic E-state index is 12.3. The lowest BCUT2D eigenvalue weighted by Crippen LogP contribution is -2.47. The zero-order chi connectivity index (χ0) is 15.1. The van der Waals surface area contributed by atoms with Gasteiger partial charge in [-0.3, -0.25) is 0 Å². The van der Waals surface area contributed by atoms with Crippen LogP contribution in [0.2, 0.25) is 0 Å². The molecule has 3 aliphatic rings. The van der Waals surface area contributed by atoms with Gasteiger partial charge in [0, 0.05) is 6.04 Å². The third kappa shape index (κ3) is 2.41. The Morgan fingerprint density at radius 1 is 1.09 bits per heavy atom. The van der Waals surface area contributed by atoms with E-state index in [1.807, 2.05) is 25.1 Å². The molecule has 4 rings (SSSR count). The van der Waals surface area contributed by atoms with Gasteiger partial charge in [0.15, 0.2) is 0 Å². The van der Waals surface area contributed by atoms with Gasteiger partial charge in [-0.05, 0) is 61.8 Å². The minimum Gasteiger partial charge on any atom is -0.335 e. The molecule has 3 saturated carbocycles. The lowest BCUT2D eigenvalue weighted by atomic mass is 9.79. The van der Waals surface area contributed by atoms with E-state index in [1.165, 1.54) is 32.1 Å². The molecule has 0 heterocycles. The number of urea groups is 1. The van der Waals surface area contributed by atoms with Gasteiger partial charge >= 0.3 is 6.03 Å². The smallest absolute Gasteiger partial charge is 0.315 e. The van der Waals surface area contributed by atoms with E-state index in [0.717, 1.165) is 29.2 Å². The van der Waals surface area contributed by atoms with Crippen LogP contribution in [-0.4, -0.2) is 12.1 Å². The van der Waals surface area contributed by atoms with Gasteiger partial charge in [-0.15, -0.1) is 0 Å². The van der Waals surface area contributed by atoms with Crippen LogP contribution in [0.1, 0.15) is 50.6 Å². The van der Waals surface area contributed by atoms with Crippen LogP contribution in [0.5, 0.6) is 0 Å². The maximum Gasteiger partial charge on any atom is 0.315 e. The standard InChI is InChI=1S/C19H26N2O/c1-12(13-6-3-2-4-7-13)20-19(22)21-18-11-14-10-17(18)16-9-5-8-15(14)16/h2-4,6-7,12,14-18H,5,8-11H2,1H3,(H2,20,21,22)/t12-,14+,15+,16-,17-,18+/m0/s1. The molecule has 3 heteroatoms. The first-order valence-corrected chi connectivity index (χ1v) is 8.84. The maximum atomic E-state index is 12.3. The molecule has 6 atom stereocenters. The van der Waals surface area contributed by atoms with Crippen molar-refractivity contribution in [2.24, 2.45) is 23.7 Å². The van der Waals surface area contributed by atoms with Crippen LogP contribution in [0.4, 0.5) is 4.79 Å². The molecule has 2 bridgehead atoms. The van der Waals surface area contributed by atoms with Crippen LogP contribution in [0, 0.1) is 23.7 Å². The molecule has 22 heavy (non-hydrogen) atoms. The molecule has 0 aliphatic heterocycles. The number of carbonyl (C=O) groups excluding carboxylic acids is 1. The largest absolute Gasteiger partial charge is 0.335 e. The summed E-state index contributed by atoms with van der Waals surface area (Å²) in [6.07, 6.45) is 6.81. The Kier molecular flexibility index (Phi) is 3.59. The zero-order valence-electron chi connectivity index (χ0n) is 13.3. The Balaban J connectivity index is 1.33. The molecule has 3 nitrogen and oxygen atoms in total. The van der Waals surface area contributed by atoms with Gasteiger partial charge in [-0.25, -0.2) is 4.79 Å². The van der Waals surface area contributed by atoms with Crippen LogP contribution in [0.15, 0.2) is 30.3 Å². The van der Waals surface area contributed by atoms with E-state index < -0.39 is 0 Å². The lowest BCUT2D eigenvalue weighted by Gasteiger charge is -2.32. The summed E-state index contributed by atoms with van der Waals surface area (Å²) in [5.74, 6) is 3.51. The summed E-state index contributed by atoms with van der Waals surface area (Å²) >= 11 is 0. The zero-order valence-corrected chi connectivity index (χ0v) is 13.3. The molecule has 0 aromatic heterocycles. The Morgan fingerprint density at radius 2 is 1.86 bits per heavy atom. The second-order valence-electron chi connectivity index (χ2n) is 7.51. The summed E-state index contributed by atoms with van der Waals surface area (Å²) in [5.41, 5.74) is 1.15. The van der Waals surface area contributed by atoms with Crippen LogP contribution in [0.3, 0.4) is 0 Å². The Labute approximate surface area is 132 Å². The normalized spacial score (nSPS) is 36.9. The van der Waals surface area contributed by atoms with Crippen molar-refractivity contribution in [2.75, 3.05) is 0 Å². The molecule has 2 amide bonds. The molecule has 3 fully saturated rings. The predicted octanol–water partition coefficient (Wildman–Crippen LogP) is 3.87. The number of amides is 2. The molecule has 0 saturated heterocycles. The van der Waals surface area contributed by atoms with Crippen molar-refractivity contribution in [3.05, 3.63) is 35.9 Å². The van der Waals surface area contributed by atoms with Crippen LogP contribution < -0.4 is 10.6 Å². The van der Waals surface area contributed by atoms with Crippen molar-refractivity contribution >= 4 is 6.03 Å². The number of fused-ring (bicyclic) bond motifs is 5. The molecule has 2 N–H and O–H groups in total. The Morgan fingerprint density at radius 3 is 2.68 bits per heavy atom. The van der Waals surface area contributed by atoms with Crippen molar-refractivity contribution in [1.82, 2.24) is 10.6 Å². The molecule has 0 spiro atoms. The first-order chi connectivity index (χ1) is 10.7. The van der Waals surface area contributed by atoms with Crippen molar-refractivity contribution in [3.63, 3.8) is 0 Å². The van der Waals surface area contributed by atoms with Gasteiger partial charge in [-0.1, -0.05) is 36.8 Å². The fraction of sp³-hybridized carbons (Fsp3) is 0.632. The van der Waals surface area contributed by atoms with E-state index >= 15 is 0 Å². The second-order valence-corrected chi connectivity index (χ2v) is 7.51. The van der Waals surface area contributed by atoms with E-state index in [9.17, 15) is 4.79 Å². The lowest BCUT2D eigenvalue weighted by molar-refractivity contribution is 0.196. The third-order valence-electron chi connectivity index (χ3n) is 6.39. The fourth-order valence-corrected chi connectivity index (χ4v) is 5.47. The van der Waals surface area contributed by atoms with Gasteiger partial charge < -0.3 is 10.6 Å². The summed E-state index contributed by atoms with van der Waals surface area (Å²) in [5, 5.41) is 6.37. The number of benzene rings is 1. The number of hydrogen-bond donors (Lipinski definition) is 2. The average Bonchev–Trinajstić information content (AvgIpc) is 3.20. The Bertz CT molecular complexity index is 544. The van der Waals surface area contributed by atoms with E-state index in [-0.39, 0.29) is 12.1 Å². The summed E-state index contributed by atoms with van der Waals surface area (Å²) in [4.78, 5) is 12.3. The number of rotatable bonds is 3. The van der Waals surface area contributed by atoms with Crippen molar-refractivity contribution in [2.45, 2.75) is 51.1 Å². The Hall–Kier alpha value is -1.51. The van der Waals surface area contributed by atoms with Gasteiger partial charge in [0.2, 0.25) is 0 Å². The van der Waals surface area contributed by atoms with Crippen molar-refractivity contribution in [1.29, 1.82) is 0 Å². The second kappa shape index (κ2) is 5.60. The van der Waals surface area contributed by atoms with Crippen molar-refractivity contribution < 1.29 is 4.79 Å². The topological polar surface area (TPSA) is 41.1 Å². The van der Waals surface area contributed by atoms with Gasteiger partial charge in [0.05, 0.1) is 6.04 Å². The fourth-order valence-electron chi connectivity index (χ4n) is 5.47. The highest BCUT2D eigenvalue weighted by atomic mass is 16.2. The molecule has 0 unspecified atom stereocenters. The molecule has 118 valence electrons. The highest BCUT2D eigenvalue weighted by Crippen LogP contribution is 2.58. The SMILES string of the molecule is C[C@H](NC(=O)N[C@@H]1C[C@H]2C[C@H]1[C@H]1CCC[C@H]21)c1ccccc1. The third-order valence-corrected chi connectivity index (χ3v) is 6.39. The van der Waals surface area contributed by atoms with Crippen molar-refractivity contribution in [3.8, 4) is 0 Å². The molecule has 1 aromatic rings. The van der Waals surface area contributed by atoms with E-state index in [2.05, 4.69) is 22.8 Å². The highest BCUT2D eigenvalue weighted by Gasteiger charge is 2.54. The molecule has 0 radical (unpaired) electrons. The first-order valence-electron chi connectivity index (χ1n) is 8.84. The van der Waals surface area contributed by atoms with Crippen LogP contribution >= 0.6 is 0 Å². The first kappa shape index (κ1) is 14.1. The molecule has 3 aliphatic carbocycles. The highest BCUT2D eigenvalue weighted by molar-refractivity contribution is 5.74. The predicted molar refractivity (Wildman–Crippen MR) is 87.4 cm³/mol. The molecular formula is C19H26N2O. The monoisotopic (exact) mass is 298 g/mol. The minimum absolute atomic E-state index is 0.00319.